The molecule has 2 amide bonds. The van der Waals surface area contributed by atoms with Gasteiger partial charge in [-0.25, -0.2) is 10.2 Å². The number of methoxy groups -OCH3 is 1. The first-order valence-corrected chi connectivity index (χ1v) is 8.47. The summed E-state index contributed by atoms with van der Waals surface area (Å²) in [7, 11) is 1.27. The predicted molar refractivity (Wildman–Crippen MR) is 105 cm³/mol. The molecule has 0 spiro atoms. The van der Waals surface area contributed by atoms with E-state index in [4.69, 9.17) is 16.3 Å². The van der Waals surface area contributed by atoms with Crippen LogP contribution in [-0.4, -0.2) is 37.7 Å². The lowest BCUT2D eigenvalue weighted by Crippen LogP contribution is -2.32. The molecular weight excluding hydrogens is 386 g/mol. The Hall–Kier alpha value is -3.39. The first-order chi connectivity index (χ1) is 13.4. The van der Waals surface area contributed by atoms with E-state index in [0.29, 0.717) is 22.0 Å². The smallest absolute Gasteiger partial charge is 0.343 e. The lowest BCUT2D eigenvalue weighted by atomic mass is 10.2. The average Bonchev–Trinajstić information content (AvgIpc) is 2.69. The van der Waals surface area contributed by atoms with Crippen molar-refractivity contribution in [3.05, 3.63) is 58.6 Å². The van der Waals surface area contributed by atoms with Crippen LogP contribution in [0.1, 0.15) is 11.1 Å². The van der Waals surface area contributed by atoms with Gasteiger partial charge in [0, 0.05) is 10.7 Å². The van der Waals surface area contributed by atoms with E-state index in [0.717, 1.165) is 5.56 Å². The van der Waals surface area contributed by atoms with Gasteiger partial charge in [0.1, 0.15) is 5.75 Å². The van der Waals surface area contributed by atoms with Crippen molar-refractivity contribution in [3.8, 4) is 5.75 Å². The zero-order valence-electron chi connectivity index (χ0n) is 15.2. The van der Waals surface area contributed by atoms with Crippen molar-refractivity contribution in [2.75, 3.05) is 19.0 Å². The van der Waals surface area contributed by atoms with Gasteiger partial charge in [0.2, 0.25) is 0 Å². The van der Waals surface area contributed by atoms with Crippen molar-refractivity contribution < 1.29 is 23.9 Å². The Bertz CT molecular complexity index is 897. The number of carbonyl (C=O) groups is 3. The number of aryl methyl sites for hydroxylation is 1. The molecule has 0 unspecified atom stereocenters. The molecule has 8 nitrogen and oxygen atoms in total. The van der Waals surface area contributed by atoms with Crippen LogP contribution in [0.2, 0.25) is 5.02 Å². The molecule has 0 fully saturated rings. The SMILES string of the molecule is COC(=O)COc1ccc(/C=N\NC(=O)C(=O)Nc2ccc(Cl)cc2C)cc1. The summed E-state index contributed by atoms with van der Waals surface area (Å²) in [6, 6.07) is 11.5. The number of hydrogen-bond acceptors (Lipinski definition) is 6. The summed E-state index contributed by atoms with van der Waals surface area (Å²) in [5.41, 5.74) is 4.01. The van der Waals surface area contributed by atoms with Gasteiger partial charge < -0.3 is 14.8 Å². The second kappa shape index (κ2) is 10.1. The van der Waals surface area contributed by atoms with Crippen molar-refractivity contribution in [3.63, 3.8) is 0 Å². The van der Waals surface area contributed by atoms with Crippen LogP contribution in [0.3, 0.4) is 0 Å². The van der Waals surface area contributed by atoms with E-state index >= 15 is 0 Å². The van der Waals surface area contributed by atoms with Crippen molar-refractivity contribution in [2.45, 2.75) is 6.92 Å². The van der Waals surface area contributed by atoms with Crippen molar-refractivity contribution in [1.29, 1.82) is 0 Å². The number of ether oxygens (including phenoxy) is 2. The van der Waals surface area contributed by atoms with Crippen molar-refractivity contribution in [2.24, 2.45) is 5.10 Å². The molecule has 0 bridgehead atoms. The monoisotopic (exact) mass is 403 g/mol. The Kier molecular flexibility index (Phi) is 7.53. The number of amides is 2. The lowest BCUT2D eigenvalue weighted by molar-refractivity contribution is -0.142. The van der Waals surface area contributed by atoms with E-state index in [1.165, 1.54) is 13.3 Å². The van der Waals surface area contributed by atoms with Crippen LogP contribution in [0.15, 0.2) is 47.6 Å². The first-order valence-electron chi connectivity index (χ1n) is 8.09. The zero-order valence-corrected chi connectivity index (χ0v) is 15.9. The number of nitrogens with zero attached hydrogens (tertiary/aromatic N) is 1. The van der Waals surface area contributed by atoms with E-state index in [1.54, 1.807) is 49.4 Å². The number of anilines is 1. The topological polar surface area (TPSA) is 106 Å². The molecule has 9 heteroatoms. The molecule has 2 rings (SSSR count). The molecule has 0 radical (unpaired) electrons. The van der Waals surface area contributed by atoms with Gasteiger partial charge in [-0.05, 0) is 60.5 Å². The highest BCUT2D eigenvalue weighted by Crippen LogP contribution is 2.19. The number of rotatable bonds is 6. The Balaban J connectivity index is 1.85. The summed E-state index contributed by atoms with van der Waals surface area (Å²) in [4.78, 5) is 34.7. The fourth-order valence-electron chi connectivity index (χ4n) is 2.01. The molecule has 2 N–H and O–H groups in total. The Morgan fingerprint density at radius 3 is 2.46 bits per heavy atom. The van der Waals surface area contributed by atoms with Gasteiger partial charge in [0.05, 0.1) is 13.3 Å². The number of carbonyl (C=O) groups excluding carboxylic acids is 3. The molecule has 2 aromatic carbocycles. The highest BCUT2D eigenvalue weighted by molar-refractivity contribution is 6.39. The molecule has 2 aromatic rings. The Labute approximate surface area is 166 Å². The number of benzene rings is 2. The molecule has 0 aliphatic carbocycles. The van der Waals surface area contributed by atoms with E-state index in [1.807, 2.05) is 0 Å². The summed E-state index contributed by atoms with van der Waals surface area (Å²) < 4.78 is 9.69. The Morgan fingerprint density at radius 1 is 1.11 bits per heavy atom. The number of nitrogens with one attached hydrogen (secondary N) is 2. The quantitative estimate of drug-likeness (QED) is 0.333. The van der Waals surface area contributed by atoms with Gasteiger partial charge in [-0.15, -0.1) is 0 Å². The van der Waals surface area contributed by atoms with E-state index in [9.17, 15) is 14.4 Å². The molecule has 0 saturated carbocycles. The van der Waals surface area contributed by atoms with Gasteiger partial charge in [-0.1, -0.05) is 11.6 Å². The van der Waals surface area contributed by atoms with Gasteiger partial charge in [0.15, 0.2) is 6.61 Å². The van der Waals surface area contributed by atoms with Gasteiger partial charge >= 0.3 is 17.8 Å². The molecule has 0 saturated heterocycles. The number of halogens is 1. The molecule has 0 aromatic heterocycles. The summed E-state index contributed by atoms with van der Waals surface area (Å²) >= 11 is 5.85. The second-order valence-electron chi connectivity index (χ2n) is 5.55. The van der Waals surface area contributed by atoms with Crippen molar-refractivity contribution >= 4 is 41.3 Å². The standard InChI is InChI=1S/C19H18ClN3O5/c1-12-9-14(20)5-8-16(12)22-18(25)19(26)23-21-10-13-3-6-15(7-4-13)28-11-17(24)27-2/h3-10H,11H2,1-2H3,(H,22,25)(H,23,26)/b21-10-. The molecular formula is C19H18ClN3O5. The number of hydrazone groups is 1. The largest absolute Gasteiger partial charge is 0.482 e. The number of esters is 1. The molecule has 28 heavy (non-hydrogen) atoms. The third-order valence-electron chi connectivity index (χ3n) is 3.49. The lowest BCUT2D eigenvalue weighted by Gasteiger charge is -2.07. The molecule has 0 heterocycles. The maximum atomic E-state index is 11.9. The van der Waals surface area contributed by atoms with Crippen LogP contribution in [0.25, 0.3) is 0 Å². The summed E-state index contributed by atoms with van der Waals surface area (Å²) in [6.45, 7) is 1.57. The van der Waals surface area contributed by atoms with Crippen LogP contribution in [-0.2, 0) is 19.1 Å². The van der Waals surface area contributed by atoms with E-state index in [-0.39, 0.29) is 6.61 Å². The third-order valence-corrected chi connectivity index (χ3v) is 3.72. The Morgan fingerprint density at radius 2 is 1.82 bits per heavy atom. The third kappa shape index (κ3) is 6.40. The normalized spacial score (nSPS) is 10.4. The van der Waals surface area contributed by atoms with Crippen LogP contribution < -0.4 is 15.5 Å². The molecule has 146 valence electrons. The zero-order chi connectivity index (χ0) is 20.5. The van der Waals surface area contributed by atoms with Gasteiger partial charge in [0.25, 0.3) is 0 Å². The minimum atomic E-state index is -0.913. The van der Waals surface area contributed by atoms with Crippen LogP contribution >= 0.6 is 11.6 Å². The average molecular weight is 404 g/mol. The minimum absolute atomic E-state index is 0.192. The highest BCUT2D eigenvalue weighted by Gasteiger charge is 2.14. The molecule has 0 atom stereocenters. The maximum Gasteiger partial charge on any atom is 0.343 e. The summed E-state index contributed by atoms with van der Waals surface area (Å²) in [6.07, 6.45) is 1.36. The first kappa shape index (κ1) is 20.9. The van der Waals surface area contributed by atoms with Crippen LogP contribution in [0, 0.1) is 6.92 Å². The summed E-state index contributed by atoms with van der Waals surface area (Å²) in [5, 5.41) is 6.75. The van der Waals surface area contributed by atoms with E-state index in [2.05, 4.69) is 20.6 Å². The van der Waals surface area contributed by atoms with Crippen LogP contribution in [0.5, 0.6) is 5.75 Å². The molecule has 0 aliphatic rings. The highest BCUT2D eigenvalue weighted by atomic mass is 35.5. The minimum Gasteiger partial charge on any atom is -0.482 e. The maximum absolute atomic E-state index is 11.9. The van der Waals surface area contributed by atoms with E-state index < -0.39 is 17.8 Å². The van der Waals surface area contributed by atoms with Crippen LogP contribution in [0.4, 0.5) is 5.69 Å². The predicted octanol–water partition coefficient (Wildman–Crippen LogP) is 2.29. The van der Waals surface area contributed by atoms with Gasteiger partial charge in [-0.2, -0.15) is 5.10 Å². The second-order valence-corrected chi connectivity index (χ2v) is 5.98. The fraction of sp³-hybridized carbons (Fsp3) is 0.158. The number of hydrogen-bond donors (Lipinski definition) is 2. The molecule has 0 aliphatic heterocycles. The van der Waals surface area contributed by atoms with Gasteiger partial charge in [-0.3, -0.25) is 9.59 Å². The summed E-state index contributed by atoms with van der Waals surface area (Å²) in [5.74, 6) is -1.78. The fourth-order valence-corrected chi connectivity index (χ4v) is 2.24. The van der Waals surface area contributed by atoms with Crippen molar-refractivity contribution in [1.82, 2.24) is 5.43 Å².